The van der Waals surface area contributed by atoms with Gasteiger partial charge in [0, 0.05) is 12.1 Å². The number of hydrogen-bond donors (Lipinski definition) is 1. The number of hydrogen-bond acceptors (Lipinski definition) is 5. The molecule has 1 N–H and O–H groups in total. The maximum Gasteiger partial charge on any atom is 0.337 e. The Morgan fingerprint density at radius 3 is 2.39 bits per heavy atom. The normalized spacial score (nSPS) is 13.2. The van der Waals surface area contributed by atoms with Gasteiger partial charge >= 0.3 is 5.97 Å². The Morgan fingerprint density at radius 1 is 0.921 bits per heavy atom. The Kier molecular flexibility index (Phi) is 7.40. The van der Waals surface area contributed by atoms with Gasteiger partial charge in [-0.3, -0.25) is 4.79 Å². The van der Waals surface area contributed by atoms with Gasteiger partial charge in [0.15, 0.2) is 0 Å². The zero-order valence-electron chi connectivity index (χ0n) is 21.5. The number of methoxy groups -OCH3 is 1. The van der Waals surface area contributed by atoms with Crippen LogP contribution in [-0.2, 0) is 11.3 Å². The molecule has 0 bridgehead atoms. The van der Waals surface area contributed by atoms with Gasteiger partial charge in [-0.05, 0) is 59.5 Å². The SMILES string of the molecule is COC(=O)c1ccc(-c2ccccc2CN2CCOc3cc(C(=O)NC(C)c4ccccc4)ccc32)cc1. The van der Waals surface area contributed by atoms with E-state index in [-0.39, 0.29) is 17.9 Å². The van der Waals surface area contributed by atoms with Gasteiger partial charge < -0.3 is 19.7 Å². The Bertz CT molecular complexity index is 1430. The number of amides is 1. The smallest absolute Gasteiger partial charge is 0.337 e. The largest absolute Gasteiger partial charge is 0.490 e. The van der Waals surface area contributed by atoms with Crippen LogP contribution in [0.1, 0.15) is 44.8 Å². The minimum atomic E-state index is -0.350. The van der Waals surface area contributed by atoms with Gasteiger partial charge in [0.1, 0.15) is 12.4 Å². The summed E-state index contributed by atoms with van der Waals surface area (Å²) in [4.78, 5) is 27.1. The molecule has 0 aromatic heterocycles. The third kappa shape index (κ3) is 5.39. The molecule has 38 heavy (non-hydrogen) atoms. The van der Waals surface area contributed by atoms with E-state index in [2.05, 4.69) is 22.3 Å². The molecule has 1 atom stereocenters. The fourth-order valence-electron chi connectivity index (χ4n) is 4.74. The first-order valence-electron chi connectivity index (χ1n) is 12.7. The minimum absolute atomic E-state index is 0.102. The van der Waals surface area contributed by atoms with Crippen LogP contribution < -0.4 is 15.0 Å². The molecule has 6 nitrogen and oxygen atoms in total. The first kappa shape index (κ1) is 25.1. The molecular formula is C32H30N2O4. The van der Waals surface area contributed by atoms with Crippen LogP contribution in [0.4, 0.5) is 5.69 Å². The average molecular weight is 507 g/mol. The summed E-state index contributed by atoms with van der Waals surface area (Å²) in [5.74, 6) is 0.221. The fourth-order valence-corrected chi connectivity index (χ4v) is 4.74. The maximum absolute atomic E-state index is 13.0. The van der Waals surface area contributed by atoms with Gasteiger partial charge in [0.2, 0.25) is 0 Å². The molecule has 1 unspecified atom stereocenters. The molecule has 0 fully saturated rings. The minimum Gasteiger partial charge on any atom is -0.490 e. The molecule has 6 heteroatoms. The van der Waals surface area contributed by atoms with Crippen LogP contribution in [0.3, 0.4) is 0 Å². The van der Waals surface area contributed by atoms with Crippen molar-refractivity contribution < 1.29 is 19.1 Å². The molecule has 0 aliphatic carbocycles. The monoisotopic (exact) mass is 506 g/mol. The number of esters is 1. The van der Waals surface area contributed by atoms with Crippen molar-refractivity contribution in [3.05, 3.63) is 119 Å². The van der Waals surface area contributed by atoms with Crippen LogP contribution in [0, 0.1) is 0 Å². The summed E-state index contributed by atoms with van der Waals surface area (Å²) >= 11 is 0. The predicted octanol–water partition coefficient (Wildman–Crippen LogP) is 6.03. The van der Waals surface area contributed by atoms with E-state index in [9.17, 15) is 9.59 Å². The van der Waals surface area contributed by atoms with Crippen LogP contribution in [0.2, 0.25) is 0 Å². The Morgan fingerprint density at radius 2 is 1.63 bits per heavy atom. The van der Waals surface area contributed by atoms with Crippen molar-refractivity contribution in [3.8, 4) is 16.9 Å². The van der Waals surface area contributed by atoms with Crippen molar-refractivity contribution in [1.29, 1.82) is 0 Å². The second-order valence-electron chi connectivity index (χ2n) is 9.28. The van der Waals surface area contributed by atoms with Gasteiger partial charge in [0.25, 0.3) is 5.91 Å². The number of nitrogens with zero attached hydrogens (tertiary/aromatic N) is 1. The second kappa shape index (κ2) is 11.2. The van der Waals surface area contributed by atoms with E-state index in [0.29, 0.717) is 30.0 Å². The van der Waals surface area contributed by atoms with E-state index in [1.54, 1.807) is 12.1 Å². The second-order valence-corrected chi connectivity index (χ2v) is 9.28. The highest BCUT2D eigenvalue weighted by Gasteiger charge is 2.22. The van der Waals surface area contributed by atoms with Crippen molar-refractivity contribution in [2.45, 2.75) is 19.5 Å². The maximum atomic E-state index is 13.0. The molecule has 1 aliphatic heterocycles. The Hall–Kier alpha value is -4.58. The van der Waals surface area contributed by atoms with Gasteiger partial charge in [0.05, 0.1) is 30.9 Å². The first-order valence-corrected chi connectivity index (χ1v) is 12.7. The number of carbonyl (C=O) groups is 2. The van der Waals surface area contributed by atoms with Gasteiger partial charge in [-0.15, -0.1) is 0 Å². The molecule has 1 heterocycles. The van der Waals surface area contributed by atoms with E-state index < -0.39 is 0 Å². The molecule has 0 radical (unpaired) electrons. The summed E-state index contributed by atoms with van der Waals surface area (Å²) in [5.41, 5.74) is 6.39. The summed E-state index contributed by atoms with van der Waals surface area (Å²) in [6.45, 7) is 3.93. The number of nitrogens with one attached hydrogen (secondary N) is 1. The van der Waals surface area contributed by atoms with Crippen molar-refractivity contribution in [2.24, 2.45) is 0 Å². The highest BCUT2D eigenvalue weighted by Crippen LogP contribution is 2.35. The van der Waals surface area contributed by atoms with Gasteiger partial charge in [-0.1, -0.05) is 66.7 Å². The zero-order chi connectivity index (χ0) is 26.5. The summed E-state index contributed by atoms with van der Waals surface area (Å²) in [6.07, 6.45) is 0. The standard InChI is InChI=1S/C32H30N2O4/c1-22(23-8-4-3-5-9-23)33-31(35)26-16-17-29-30(20-26)38-19-18-34(29)21-27-10-6-7-11-28(27)24-12-14-25(15-13-24)32(36)37-2/h3-17,20,22H,18-19,21H2,1-2H3,(H,33,35). The number of ether oxygens (including phenoxy) is 2. The lowest BCUT2D eigenvalue weighted by Crippen LogP contribution is -2.33. The van der Waals surface area contributed by atoms with Crippen molar-refractivity contribution in [2.75, 3.05) is 25.2 Å². The molecule has 4 aromatic carbocycles. The Labute approximate surface area is 222 Å². The number of fused-ring (bicyclic) bond motifs is 1. The van der Waals surface area contributed by atoms with E-state index in [0.717, 1.165) is 34.5 Å². The molecule has 0 spiro atoms. The number of carbonyl (C=O) groups excluding carboxylic acids is 2. The molecule has 4 aromatic rings. The summed E-state index contributed by atoms with van der Waals surface area (Å²) in [5, 5.41) is 3.07. The molecular weight excluding hydrogens is 476 g/mol. The van der Waals surface area contributed by atoms with Gasteiger partial charge in [-0.25, -0.2) is 4.79 Å². The predicted molar refractivity (Wildman–Crippen MR) is 149 cm³/mol. The quantitative estimate of drug-likeness (QED) is 0.310. The fraction of sp³-hybridized carbons (Fsp3) is 0.188. The third-order valence-corrected chi connectivity index (χ3v) is 6.82. The van der Waals surface area contributed by atoms with Crippen LogP contribution in [-0.4, -0.2) is 32.1 Å². The number of benzene rings is 4. The molecule has 1 aliphatic rings. The van der Waals surface area contributed by atoms with Crippen LogP contribution in [0.25, 0.3) is 11.1 Å². The van der Waals surface area contributed by atoms with E-state index in [4.69, 9.17) is 9.47 Å². The lowest BCUT2D eigenvalue weighted by atomic mass is 9.98. The number of anilines is 1. The van der Waals surface area contributed by atoms with E-state index >= 15 is 0 Å². The number of rotatable bonds is 7. The summed E-state index contributed by atoms with van der Waals surface area (Å²) < 4.78 is 10.8. The average Bonchev–Trinajstić information content (AvgIpc) is 2.97. The third-order valence-electron chi connectivity index (χ3n) is 6.82. The van der Waals surface area contributed by atoms with Crippen molar-refractivity contribution in [1.82, 2.24) is 5.32 Å². The summed E-state index contributed by atoms with van der Waals surface area (Å²) in [7, 11) is 1.38. The van der Waals surface area contributed by atoms with E-state index in [1.165, 1.54) is 7.11 Å². The van der Waals surface area contributed by atoms with Crippen LogP contribution in [0.5, 0.6) is 5.75 Å². The highest BCUT2D eigenvalue weighted by atomic mass is 16.5. The lowest BCUT2D eigenvalue weighted by Gasteiger charge is -2.32. The molecule has 0 saturated heterocycles. The van der Waals surface area contributed by atoms with Gasteiger partial charge in [-0.2, -0.15) is 0 Å². The van der Waals surface area contributed by atoms with Crippen LogP contribution in [0.15, 0.2) is 97.1 Å². The summed E-state index contributed by atoms with van der Waals surface area (Å²) in [6, 6.07) is 31.2. The molecule has 5 rings (SSSR count). The first-order chi connectivity index (χ1) is 18.5. The topological polar surface area (TPSA) is 67.9 Å². The zero-order valence-corrected chi connectivity index (χ0v) is 21.5. The molecule has 0 saturated carbocycles. The molecule has 1 amide bonds. The highest BCUT2D eigenvalue weighted by molar-refractivity contribution is 5.95. The van der Waals surface area contributed by atoms with Crippen LogP contribution >= 0.6 is 0 Å². The van der Waals surface area contributed by atoms with Crippen molar-refractivity contribution in [3.63, 3.8) is 0 Å². The molecule has 192 valence electrons. The van der Waals surface area contributed by atoms with Crippen molar-refractivity contribution >= 4 is 17.6 Å². The lowest BCUT2D eigenvalue weighted by molar-refractivity contribution is 0.0600. The van der Waals surface area contributed by atoms with E-state index in [1.807, 2.05) is 79.7 Å². The Balaban J connectivity index is 1.34.